The van der Waals surface area contributed by atoms with Gasteiger partial charge in [0.1, 0.15) is 5.75 Å². The van der Waals surface area contributed by atoms with Crippen molar-refractivity contribution < 1.29 is 14.2 Å². The van der Waals surface area contributed by atoms with E-state index < -0.39 is 0 Å². The molecule has 2 heterocycles. The van der Waals surface area contributed by atoms with Crippen LogP contribution in [0, 0.1) is 0 Å². The molecule has 0 bridgehead atoms. The standard InChI is InChI=1S/C11H9N3O3/c12-11-13-4-3-10(14-11)17-7-1-2-8-9(5-7)16-6-15-8/h1-5H,6H2,(H2,12,13,14). The summed E-state index contributed by atoms with van der Waals surface area (Å²) in [6.45, 7) is 0.235. The second-order valence-corrected chi connectivity index (χ2v) is 3.37. The lowest BCUT2D eigenvalue weighted by molar-refractivity contribution is 0.174. The number of anilines is 1. The summed E-state index contributed by atoms with van der Waals surface area (Å²) in [7, 11) is 0. The zero-order chi connectivity index (χ0) is 11.7. The molecule has 0 fully saturated rings. The predicted octanol–water partition coefficient (Wildman–Crippen LogP) is 1.58. The predicted molar refractivity (Wildman–Crippen MR) is 59.1 cm³/mol. The van der Waals surface area contributed by atoms with Gasteiger partial charge in [-0.05, 0) is 12.1 Å². The highest BCUT2D eigenvalue weighted by molar-refractivity contribution is 5.47. The fourth-order valence-corrected chi connectivity index (χ4v) is 1.47. The number of rotatable bonds is 2. The first-order chi connectivity index (χ1) is 8.31. The highest BCUT2D eigenvalue weighted by Crippen LogP contribution is 2.36. The van der Waals surface area contributed by atoms with Crippen molar-refractivity contribution in [3.05, 3.63) is 30.5 Å². The molecule has 86 valence electrons. The van der Waals surface area contributed by atoms with Crippen LogP contribution in [-0.2, 0) is 0 Å². The maximum Gasteiger partial charge on any atom is 0.231 e. The molecule has 1 aliphatic rings. The van der Waals surface area contributed by atoms with E-state index >= 15 is 0 Å². The van der Waals surface area contributed by atoms with Crippen molar-refractivity contribution in [2.45, 2.75) is 0 Å². The largest absolute Gasteiger partial charge is 0.454 e. The maximum absolute atomic E-state index is 5.52. The van der Waals surface area contributed by atoms with Crippen LogP contribution in [0.25, 0.3) is 0 Å². The summed E-state index contributed by atoms with van der Waals surface area (Å²) in [6, 6.07) is 6.91. The lowest BCUT2D eigenvalue weighted by Crippen LogP contribution is -1.95. The Morgan fingerprint density at radius 1 is 1.18 bits per heavy atom. The summed E-state index contributed by atoms with van der Waals surface area (Å²) in [5.74, 6) is 2.52. The van der Waals surface area contributed by atoms with Gasteiger partial charge in [0.05, 0.1) is 0 Å². The molecule has 0 amide bonds. The molecule has 6 heteroatoms. The fraction of sp³-hybridized carbons (Fsp3) is 0.0909. The van der Waals surface area contributed by atoms with Crippen LogP contribution in [0.3, 0.4) is 0 Å². The summed E-state index contributed by atoms with van der Waals surface area (Å²) in [4.78, 5) is 7.72. The van der Waals surface area contributed by atoms with Crippen LogP contribution in [0.1, 0.15) is 0 Å². The van der Waals surface area contributed by atoms with Gasteiger partial charge in [-0.15, -0.1) is 0 Å². The number of aromatic nitrogens is 2. The Balaban J connectivity index is 1.86. The Labute approximate surface area is 97.0 Å². The highest BCUT2D eigenvalue weighted by atomic mass is 16.7. The Morgan fingerprint density at radius 2 is 2.06 bits per heavy atom. The van der Waals surface area contributed by atoms with Crippen LogP contribution >= 0.6 is 0 Å². The molecule has 0 unspecified atom stereocenters. The van der Waals surface area contributed by atoms with Gasteiger partial charge in [0, 0.05) is 18.3 Å². The molecule has 0 aliphatic carbocycles. The first-order valence-electron chi connectivity index (χ1n) is 4.97. The molecule has 1 aromatic carbocycles. The van der Waals surface area contributed by atoms with Crippen LogP contribution in [0.2, 0.25) is 0 Å². The molecule has 17 heavy (non-hydrogen) atoms. The molecule has 0 saturated heterocycles. The molecule has 2 aromatic rings. The van der Waals surface area contributed by atoms with Gasteiger partial charge in [-0.2, -0.15) is 4.98 Å². The number of ether oxygens (including phenoxy) is 3. The summed E-state index contributed by atoms with van der Waals surface area (Å²) >= 11 is 0. The number of fused-ring (bicyclic) bond motifs is 1. The quantitative estimate of drug-likeness (QED) is 0.845. The number of hydrogen-bond acceptors (Lipinski definition) is 6. The van der Waals surface area contributed by atoms with Crippen LogP contribution in [0.4, 0.5) is 5.95 Å². The van der Waals surface area contributed by atoms with Gasteiger partial charge in [0.15, 0.2) is 11.5 Å². The topological polar surface area (TPSA) is 79.5 Å². The van der Waals surface area contributed by atoms with Gasteiger partial charge in [0.2, 0.25) is 18.6 Å². The van der Waals surface area contributed by atoms with Gasteiger partial charge in [-0.25, -0.2) is 4.98 Å². The van der Waals surface area contributed by atoms with E-state index in [9.17, 15) is 0 Å². The minimum Gasteiger partial charge on any atom is -0.454 e. The number of nitrogen functional groups attached to an aromatic ring is 1. The van der Waals surface area contributed by atoms with Gasteiger partial charge in [-0.1, -0.05) is 0 Å². The van der Waals surface area contributed by atoms with Gasteiger partial charge in [0.25, 0.3) is 0 Å². The Bertz CT molecular complexity index is 559. The van der Waals surface area contributed by atoms with Crippen molar-refractivity contribution in [1.29, 1.82) is 0 Å². The highest BCUT2D eigenvalue weighted by Gasteiger charge is 2.14. The van der Waals surface area contributed by atoms with E-state index in [0.29, 0.717) is 23.1 Å². The van der Waals surface area contributed by atoms with Crippen LogP contribution < -0.4 is 19.9 Å². The second-order valence-electron chi connectivity index (χ2n) is 3.37. The zero-order valence-electron chi connectivity index (χ0n) is 8.79. The molecule has 2 N–H and O–H groups in total. The van der Waals surface area contributed by atoms with Gasteiger partial charge < -0.3 is 19.9 Å². The third-order valence-corrected chi connectivity index (χ3v) is 2.22. The van der Waals surface area contributed by atoms with E-state index in [1.165, 1.54) is 6.20 Å². The van der Waals surface area contributed by atoms with E-state index in [4.69, 9.17) is 19.9 Å². The third kappa shape index (κ3) is 1.92. The molecule has 0 radical (unpaired) electrons. The second kappa shape index (κ2) is 3.82. The Hall–Kier alpha value is -2.50. The van der Waals surface area contributed by atoms with Crippen molar-refractivity contribution >= 4 is 5.95 Å². The van der Waals surface area contributed by atoms with Gasteiger partial charge in [-0.3, -0.25) is 0 Å². The number of nitrogens with zero attached hydrogens (tertiary/aromatic N) is 2. The Morgan fingerprint density at radius 3 is 2.94 bits per heavy atom. The van der Waals surface area contributed by atoms with Crippen molar-refractivity contribution in [2.24, 2.45) is 0 Å². The van der Waals surface area contributed by atoms with Crippen LogP contribution in [-0.4, -0.2) is 16.8 Å². The zero-order valence-corrected chi connectivity index (χ0v) is 8.79. The minimum absolute atomic E-state index is 0.170. The molecule has 0 spiro atoms. The van der Waals surface area contributed by atoms with Gasteiger partial charge >= 0.3 is 0 Å². The first-order valence-corrected chi connectivity index (χ1v) is 4.97. The number of nitrogens with two attached hydrogens (primary N) is 1. The van der Waals surface area contributed by atoms with Crippen molar-refractivity contribution in [3.63, 3.8) is 0 Å². The van der Waals surface area contributed by atoms with E-state index in [0.717, 1.165) is 0 Å². The molecule has 0 saturated carbocycles. The average molecular weight is 231 g/mol. The summed E-state index contributed by atoms with van der Waals surface area (Å²) in [6.07, 6.45) is 1.53. The van der Waals surface area contributed by atoms with Crippen molar-refractivity contribution in [1.82, 2.24) is 9.97 Å². The van der Waals surface area contributed by atoms with E-state index in [2.05, 4.69) is 9.97 Å². The molecule has 6 nitrogen and oxygen atoms in total. The summed E-state index contributed by atoms with van der Waals surface area (Å²) in [5.41, 5.74) is 5.46. The Kier molecular flexibility index (Phi) is 2.18. The van der Waals surface area contributed by atoms with Crippen LogP contribution in [0.15, 0.2) is 30.5 Å². The van der Waals surface area contributed by atoms with Crippen LogP contribution in [0.5, 0.6) is 23.1 Å². The van der Waals surface area contributed by atoms with E-state index in [-0.39, 0.29) is 12.7 Å². The average Bonchev–Trinajstić information content (AvgIpc) is 2.76. The monoisotopic (exact) mass is 231 g/mol. The molecular formula is C11H9N3O3. The van der Waals surface area contributed by atoms with Crippen molar-refractivity contribution in [2.75, 3.05) is 12.5 Å². The summed E-state index contributed by atoms with van der Waals surface area (Å²) < 4.78 is 16.0. The lowest BCUT2D eigenvalue weighted by Gasteiger charge is -2.05. The lowest BCUT2D eigenvalue weighted by atomic mass is 10.3. The minimum atomic E-state index is 0.170. The smallest absolute Gasteiger partial charge is 0.231 e. The molecule has 0 atom stereocenters. The molecule has 1 aromatic heterocycles. The normalized spacial score (nSPS) is 12.5. The number of hydrogen-bond donors (Lipinski definition) is 1. The number of benzene rings is 1. The SMILES string of the molecule is Nc1nccc(Oc2ccc3c(c2)OCO3)n1. The van der Waals surface area contributed by atoms with Crippen molar-refractivity contribution in [3.8, 4) is 23.1 Å². The van der Waals surface area contributed by atoms with E-state index in [1.54, 1.807) is 24.3 Å². The van der Waals surface area contributed by atoms with E-state index in [1.807, 2.05) is 0 Å². The molecule has 1 aliphatic heterocycles. The molecule has 3 rings (SSSR count). The third-order valence-electron chi connectivity index (χ3n) is 2.22. The fourth-order valence-electron chi connectivity index (χ4n) is 1.47. The maximum atomic E-state index is 5.52. The summed E-state index contributed by atoms with van der Waals surface area (Å²) in [5, 5.41) is 0. The molecular weight excluding hydrogens is 222 g/mol. The first kappa shape index (κ1) is 9.71.